The van der Waals surface area contributed by atoms with E-state index in [0.29, 0.717) is 19.6 Å². The second-order valence-corrected chi connectivity index (χ2v) is 10.3. The fraction of sp³-hybridized carbons (Fsp3) is 0.229. The Bertz CT molecular complexity index is 1510. The van der Waals surface area contributed by atoms with E-state index in [-0.39, 0.29) is 0 Å². The molecule has 3 nitrogen and oxygen atoms in total. The average molecular weight is 554 g/mol. The largest absolute Gasteiger partial charge is 0.416 e. The monoisotopic (exact) mass is 553 g/mol. The fourth-order valence-electron chi connectivity index (χ4n) is 5.12. The molecule has 0 unspecified atom stereocenters. The minimum Gasteiger partial charge on any atom is -0.326 e. The number of nitrogens with zero attached hydrogens (tertiary/aromatic N) is 3. The van der Waals surface area contributed by atoms with Crippen LogP contribution in [-0.2, 0) is 32.4 Å². The van der Waals surface area contributed by atoms with Crippen molar-refractivity contribution in [2.75, 3.05) is 0 Å². The molecule has 0 bridgehead atoms. The molecule has 6 heteroatoms. The van der Waals surface area contributed by atoms with Gasteiger partial charge in [-0.3, -0.25) is 4.90 Å². The van der Waals surface area contributed by atoms with Gasteiger partial charge in [0, 0.05) is 37.3 Å². The van der Waals surface area contributed by atoms with Crippen LogP contribution in [0.3, 0.4) is 0 Å². The van der Waals surface area contributed by atoms with Gasteiger partial charge in [-0.05, 0) is 29.7 Å². The van der Waals surface area contributed by atoms with Crippen LogP contribution < -0.4 is 0 Å². The summed E-state index contributed by atoms with van der Waals surface area (Å²) >= 11 is 0. The predicted molar refractivity (Wildman–Crippen MR) is 159 cm³/mol. The summed E-state index contributed by atoms with van der Waals surface area (Å²) in [5.41, 5.74) is 5.49. The first-order valence-electron chi connectivity index (χ1n) is 14.0. The Morgan fingerprint density at radius 2 is 1.20 bits per heavy atom. The second kappa shape index (κ2) is 13.0. The third-order valence-corrected chi connectivity index (χ3v) is 7.20. The number of aromatic nitrogens is 2. The van der Waals surface area contributed by atoms with Gasteiger partial charge in [0.25, 0.3) is 0 Å². The lowest BCUT2D eigenvalue weighted by atomic mass is 10.1. The third-order valence-electron chi connectivity index (χ3n) is 7.20. The number of alkyl halides is 3. The van der Waals surface area contributed by atoms with Gasteiger partial charge >= 0.3 is 6.18 Å². The Labute approximate surface area is 239 Å². The van der Waals surface area contributed by atoms with Crippen LogP contribution in [0.5, 0.6) is 0 Å². The molecule has 0 saturated heterocycles. The number of hydrogen-bond donors (Lipinski definition) is 0. The molecule has 0 aliphatic rings. The van der Waals surface area contributed by atoms with Crippen molar-refractivity contribution < 1.29 is 13.2 Å². The summed E-state index contributed by atoms with van der Waals surface area (Å²) in [6.07, 6.45) is -2.30. The van der Waals surface area contributed by atoms with E-state index in [1.54, 1.807) is 12.1 Å². The van der Waals surface area contributed by atoms with Gasteiger partial charge in [-0.25, -0.2) is 4.98 Å². The first-order chi connectivity index (χ1) is 19.9. The molecule has 0 saturated carbocycles. The van der Waals surface area contributed by atoms with E-state index in [2.05, 4.69) is 52.8 Å². The Balaban J connectivity index is 1.58. The Kier molecular flexibility index (Phi) is 9.00. The molecule has 1 heterocycles. The predicted octanol–water partition coefficient (Wildman–Crippen LogP) is 9.24. The van der Waals surface area contributed by atoms with E-state index < -0.39 is 11.7 Å². The van der Waals surface area contributed by atoms with Crippen LogP contribution in [0.1, 0.15) is 42.1 Å². The van der Waals surface area contributed by atoms with Gasteiger partial charge in [0.2, 0.25) is 0 Å². The lowest BCUT2D eigenvalue weighted by Crippen LogP contribution is -2.24. The van der Waals surface area contributed by atoms with Crippen molar-refractivity contribution >= 4 is 0 Å². The molecule has 0 aliphatic carbocycles. The zero-order valence-corrected chi connectivity index (χ0v) is 23.2. The van der Waals surface area contributed by atoms with Crippen molar-refractivity contribution in [2.45, 2.75) is 52.1 Å². The van der Waals surface area contributed by atoms with Crippen LogP contribution in [0.15, 0.2) is 115 Å². The van der Waals surface area contributed by atoms with E-state index in [1.807, 2.05) is 54.6 Å². The van der Waals surface area contributed by atoms with Gasteiger partial charge in [0.1, 0.15) is 5.82 Å². The molecule has 0 aliphatic heterocycles. The lowest BCUT2D eigenvalue weighted by molar-refractivity contribution is -0.137. The van der Waals surface area contributed by atoms with Crippen LogP contribution in [-0.4, -0.2) is 14.5 Å². The summed E-state index contributed by atoms with van der Waals surface area (Å²) in [7, 11) is 0. The maximum atomic E-state index is 13.2. The number of unbranched alkanes of at least 4 members (excludes halogenated alkanes) is 1. The maximum Gasteiger partial charge on any atom is 0.416 e. The number of halogens is 3. The van der Waals surface area contributed by atoms with Crippen LogP contribution in [0.2, 0.25) is 0 Å². The third kappa shape index (κ3) is 7.14. The normalized spacial score (nSPS) is 11.7. The second-order valence-electron chi connectivity index (χ2n) is 10.3. The van der Waals surface area contributed by atoms with Crippen molar-refractivity contribution in [1.82, 2.24) is 14.5 Å². The molecule has 0 radical (unpaired) electrons. The smallest absolute Gasteiger partial charge is 0.326 e. The zero-order valence-electron chi connectivity index (χ0n) is 23.2. The molecule has 5 rings (SSSR count). The molecular weight excluding hydrogens is 519 g/mol. The van der Waals surface area contributed by atoms with Crippen molar-refractivity contribution in [3.63, 3.8) is 0 Å². The van der Waals surface area contributed by atoms with E-state index in [0.717, 1.165) is 58.9 Å². The molecule has 1 aromatic heterocycles. The summed E-state index contributed by atoms with van der Waals surface area (Å²) in [5, 5.41) is 0. The summed E-state index contributed by atoms with van der Waals surface area (Å²) in [5.74, 6) is 0.932. The molecule has 0 amide bonds. The topological polar surface area (TPSA) is 21.1 Å². The Morgan fingerprint density at radius 3 is 1.76 bits per heavy atom. The van der Waals surface area contributed by atoms with Gasteiger partial charge in [0.15, 0.2) is 0 Å². The minimum atomic E-state index is -4.35. The molecule has 4 aromatic carbocycles. The van der Waals surface area contributed by atoms with Gasteiger partial charge < -0.3 is 4.57 Å². The van der Waals surface area contributed by atoms with Crippen molar-refractivity contribution in [3.8, 4) is 22.6 Å². The van der Waals surface area contributed by atoms with Gasteiger partial charge in [0.05, 0.1) is 17.0 Å². The molecule has 0 N–H and O–H groups in total. The number of imidazole rings is 1. The molecular formula is C35H34F3N3. The summed E-state index contributed by atoms with van der Waals surface area (Å²) in [6.45, 7) is 4.75. The van der Waals surface area contributed by atoms with E-state index in [4.69, 9.17) is 4.98 Å². The highest BCUT2D eigenvalue weighted by Gasteiger charge is 2.30. The van der Waals surface area contributed by atoms with Crippen molar-refractivity contribution in [1.29, 1.82) is 0 Å². The lowest BCUT2D eigenvalue weighted by Gasteiger charge is -2.25. The van der Waals surface area contributed by atoms with E-state index >= 15 is 0 Å². The molecule has 210 valence electrons. The zero-order chi connectivity index (χ0) is 28.7. The summed E-state index contributed by atoms with van der Waals surface area (Å²) in [6, 6.07) is 36.2. The van der Waals surface area contributed by atoms with Crippen molar-refractivity contribution in [2.24, 2.45) is 0 Å². The molecule has 0 fully saturated rings. The highest BCUT2D eigenvalue weighted by atomic mass is 19.4. The van der Waals surface area contributed by atoms with E-state index in [9.17, 15) is 13.2 Å². The number of rotatable bonds is 11. The van der Waals surface area contributed by atoms with Gasteiger partial charge in [-0.1, -0.05) is 116 Å². The van der Waals surface area contributed by atoms with Crippen LogP contribution in [0.4, 0.5) is 13.2 Å². The highest BCUT2D eigenvalue weighted by Crippen LogP contribution is 2.32. The summed E-state index contributed by atoms with van der Waals surface area (Å²) in [4.78, 5) is 7.51. The number of hydrogen-bond acceptors (Lipinski definition) is 2. The standard InChI is InChI=1S/C35H34F3N3/c1-2-3-23-41-32(33(29-15-9-5-10-16-29)39-34(41)30-17-11-6-12-18-30)26-40(24-27-13-7-4-8-14-27)25-28-19-21-31(22-20-28)35(36,37)38/h4-22H,2-3,23-26H2,1H3. The van der Waals surface area contributed by atoms with Crippen LogP contribution in [0.25, 0.3) is 22.6 Å². The fourth-order valence-corrected chi connectivity index (χ4v) is 5.12. The van der Waals surface area contributed by atoms with Gasteiger partial charge in [-0.2, -0.15) is 13.2 Å². The first-order valence-corrected chi connectivity index (χ1v) is 14.0. The average Bonchev–Trinajstić information content (AvgIpc) is 3.35. The maximum absolute atomic E-state index is 13.2. The molecule has 0 spiro atoms. The van der Waals surface area contributed by atoms with E-state index in [1.165, 1.54) is 12.1 Å². The number of benzene rings is 4. The molecule has 41 heavy (non-hydrogen) atoms. The molecule has 0 atom stereocenters. The quantitative estimate of drug-likeness (QED) is 0.163. The highest BCUT2D eigenvalue weighted by molar-refractivity contribution is 5.68. The minimum absolute atomic E-state index is 0.501. The summed E-state index contributed by atoms with van der Waals surface area (Å²) < 4.78 is 42.0. The Hall–Kier alpha value is -4.16. The van der Waals surface area contributed by atoms with Gasteiger partial charge in [-0.15, -0.1) is 0 Å². The van der Waals surface area contributed by atoms with Crippen LogP contribution >= 0.6 is 0 Å². The molecule has 5 aromatic rings. The SMILES string of the molecule is CCCCn1c(-c2ccccc2)nc(-c2ccccc2)c1CN(Cc1ccccc1)Cc1ccc(C(F)(F)F)cc1. The van der Waals surface area contributed by atoms with Crippen molar-refractivity contribution in [3.05, 3.63) is 138 Å². The van der Waals surface area contributed by atoms with Crippen LogP contribution in [0, 0.1) is 0 Å². The first kappa shape index (κ1) is 28.4. The Morgan fingerprint density at radius 1 is 0.659 bits per heavy atom.